The molecule has 0 spiro atoms. The van der Waals surface area contributed by atoms with Crippen LogP contribution in [0.15, 0.2) is 180 Å². The summed E-state index contributed by atoms with van der Waals surface area (Å²) in [5, 5.41) is 6.93. The molecule has 1 aromatic heterocycles. The smallest absolute Gasteiger partial charge is 0.143 e. The molecule has 2 heteroatoms. The Morgan fingerprint density at radius 3 is 1.80 bits per heavy atom. The third kappa shape index (κ3) is 4.35. The van der Waals surface area contributed by atoms with Crippen LogP contribution in [0.5, 0.6) is 0 Å². The molecule has 8 aromatic carbocycles. The van der Waals surface area contributed by atoms with E-state index in [1.807, 2.05) is 0 Å². The highest BCUT2D eigenvalue weighted by Crippen LogP contribution is 2.46. The van der Waals surface area contributed by atoms with E-state index in [0.29, 0.717) is 0 Å². The Hall–Kier alpha value is -6.12. The third-order valence-corrected chi connectivity index (χ3v) is 9.03. The summed E-state index contributed by atoms with van der Waals surface area (Å²) in [5.41, 5.74) is 9.82. The number of fused-ring (bicyclic) bond motifs is 6. The summed E-state index contributed by atoms with van der Waals surface area (Å²) in [6, 6.07) is 62.6. The van der Waals surface area contributed by atoms with Crippen LogP contribution in [-0.4, -0.2) is 0 Å². The molecule has 0 aliphatic rings. The molecule has 9 aromatic rings. The summed E-state index contributed by atoms with van der Waals surface area (Å²) in [6.45, 7) is 0. The summed E-state index contributed by atoms with van der Waals surface area (Å²) < 4.78 is 6.74. The quantitative estimate of drug-likeness (QED) is 0.199. The van der Waals surface area contributed by atoms with Crippen molar-refractivity contribution >= 4 is 60.5 Å². The first-order valence-electron chi connectivity index (χ1n) is 15.7. The van der Waals surface area contributed by atoms with E-state index in [9.17, 15) is 0 Å². The van der Waals surface area contributed by atoms with E-state index in [-0.39, 0.29) is 0 Å². The SMILES string of the molecule is c1ccc(-c2ccc(N(c3ccc4ccccc4c3)c3cccc4oc5c6ccccc6c(-c6ccccc6)cc5c34)cc2)cc1. The van der Waals surface area contributed by atoms with Gasteiger partial charge in [-0.05, 0) is 80.9 Å². The fourth-order valence-corrected chi connectivity index (χ4v) is 6.85. The Morgan fingerprint density at radius 1 is 0.391 bits per heavy atom. The van der Waals surface area contributed by atoms with Crippen molar-refractivity contribution in [3.63, 3.8) is 0 Å². The minimum atomic E-state index is 0.870. The van der Waals surface area contributed by atoms with Crippen molar-refractivity contribution in [3.8, 4) is 22.3 Å². The van der Waals surface area contributed by atoms with Gasteiger partial charge in [0.1, 0.15) is 11.2 Å². The maximum absolute atomic E-state index is 6.74. The average molecular weight is 588 g/mol. The van der Waals surface area contributed by atoms with Crippen LogP contribution in [0.4, 0.5) is 17.1 Å². The van der Waals surface area contributed by atoms with E-state index in [1.165, 1.54) is 38.4 Å². The second kappa shape index (κ2) is 10.8. The predicted molar refractivity (Wildman–Crippen MR) is 194 cm³/mol. The highest BCUT2D eigenvalue weighted by molar-refractivity contribution is 6.22. The minimum absolute atomic E-state index is 0.870. The molecule has 0 unspecified atom stereocenters. The molecule has 0 aliphatic heterocycles. The van der Waals surface area contributed by atoms with Crippen molar-refractivity contribution in [2.45, 2.75) is 0 Å². The Balaban J connectivity index is 1.33. The van der Waals surface area contributed by atoms with E-state index in [0.717, 1.165) is 44.4 Å². The number of furan rings is 1. The monoisotopic (exact) mass is 587 g/mol. The number of nitrogens with zero attached hydrogens (tertiary/aromatic N) is 1. The molecular weight excluding hydrogens is 558 g/mol. The molecule has 9 rings (SSSR count). The van der Waals surface area contributed by atoms with Gasteiger partial charge in [0.15, 0.2) is 0 Å². The van der Waals surface area contributed by atoms with Gasteiger partial charge in [0.05, 0.1) is 11.1 Å². The van der Waals surface area contributed by atoms with Crippen molar-refractivity contribution in [1.82, 2.24) is 0 Å². The Morgan fingerprint density at radius 2 is 1.02 bits per heavy atom. The lowest BCUT2D eigenvalue weighted by Gasteiger charge is -2.27. The van der Waals surface area contributed by atoms with Crippen molar-refractivity contribution < 1.29 is 4.42 Å². The molecule has 0 saturated heterocycles. The molecule has 0 bridgehead atoms. The fraction of sp³-hybridized carbons (Fsp3) is 0. The second-order valence-corrected chi connectivity index (χ2v) is 11.7. The molecule has 1 heterocycles. The van der Waals surface area contributed by atoms with Crippen molar-refractivity contribution in [1.29, 1.82) is 0 Å². The molecular formula is C44H29NO. The summed E-state index contributed by atoms with van der Waals surface area (Å²) in [6.07, 6.45) is 0. The summed E-state index contributed by atoms with van der Waals surface area (Å²) in [5.74, 6) is 0. The topological polar surface area (TPSA) is 16.4 Å². The number of benzene rings is 8. The molecule has 0 N–H and O–H groups in total. The molecule has 0 atom stereocenters. The Labute approximate surface area is 267 Å². The van der Waals surface area contributed by atoms with E-state index < -0.39 is 0 Å². The van der Waals surface area contributed by atoms with Gasteiger partial charge in [-0.25, -0.2) is 0 Å². The van der Waals surface area contributed by atoms with Crippen molar-refractivity contribution in [2.24, 2.45) is 0 Å². The molecule has 0 saturated carbocycles. The van der Waals surface area contributed by atoms with E-state index >= 15 is 0 Å². The molecule has 2 nitrogen and oxygen atoms in total. The minimum Gasteiger partial charge on any atom is -0.455 e. The fourth-order valence-electron chi connectivity index (χ4n) is 6.85. The van der Waals surface area contributed by atoms with Gasteiger partial charge >= 0.3 is 0 Å². The Kier molecular flexibility index (Phi) is 6.17. The van der Waals surface area contributed by atoms with Gasteiger partial charge in [0.2, 0.25) is 0 Å². The van der Waals surface area contributed by atoms with Gasteiger partial charge in [0, 0.05) is 22.1 Å². The van der Waals surface area contributed by atoms with Gasteiger partial charge in [-0.15, -0.1) is 0 Å². The van der Waals surface area contributed by atoms with Crippen LogP contribution in [0.25, 0.3) is 65.7 Å². The molecule has 216 valence electrons. The van der Waals surface area contributed by atoms with Crippen LogP contribution in [0.1, 0.15) is 0 Å². The zero-order valence-corrected chi connectivity index (χ0v) is 25.1. The second-order valence-electron chi connectivity index (χ2n) is 11.7. The highest BCUT2D eigenvalue weighted by Gasteiger charge is 2.22. The van der Waals surface area contributed by atoms with Gasteiger partial charge in [-0.2, -0.15) is 0 Å². The normalized spacial score (nSPS) is 11.5. The maximum atomic E-state index is 6.74. The predicted octanol–water partition coefficient (Wildman–Crippen LogP) is 12.7. The lowest BCUT2D eigenvalue weighted by molar-refractivity contribution is 0.672. The standard InChI is InChI=1S/C44H29NO/c1-3-12-30(13-4-1)32-22-25-35(26-23-32)45(36-27-24-31-14-7-8-17-34(31)28-36)41-20-11-21-42-43(41)40-29-39(33-15-5-2-6-16-33)37-18-9-10-19-38(37)44(40)46-42/h1-29H. The van der Waals surface area contributed by atoms with Crippen molar-refractivity contribution in [3.05, 3.63) is 176 Å². The Bertz CT molecular complexity index is 2510. The first-order chi connectivity index (χ1) is 22.8. The lowest BCUT2D eigenvalue weighted by Crippen LogP contribution is -2.10. The van der Waals surface area contributed by atoms with Gasteiger partial charge in [-0.3, -0.25) is 0 Å². The van der Waals surface area contributed by atoms with Crippen molar-refractivity contribution in [2.75, 3.05) is 4.90 Å². The van der Waals surface area contributed by atoms with Gasteiger partial charge in [-0.1, -0.05) is 133 Å². The number of hydrogen-bond donors (Lipinski definition) is 0. The first-order valence-corrected chi connectivity index (χ1v) is 15.7. The van der Waals surface area contributed by atoms with E-state index in [4.69, 9.17) is 4.42 Å². The zero-order chi connectivity index (χ0) is 30.5. The number of rotatable bonds is 5. The van der Waals surface area contributed by atoms with Crippen LogP contribution in [0.2, 0.25) is 0 Å². The maximum Gasteiger partial charge on any atom is 0.143 e. The molecule has 0 amide bonds. The largest absolute Gasteiger partial charge is 0.455 e. The molecule has 0 aliphatic carbocycles. The van der Waals surface area contributed by atoms with Crippen LogP contribution in [0, 0.1) is 0 Å². The molecule has 0 radical (unpaired) electrons. The van der Waals surface area contributed by atoms with Gasteiger partial charge < -0.3 is 9.32 Å². The third-order valence-electron chi connectivity index (χ3n) is 9.03. The summed E-state index contributed by atoms with van der Waals surface area (Å²) >= 11 is 0. The first kappa shape index (κ1) is 26.3. The number of anilines is 3. The van der Waals surface area contributed by atoms with Gasteiger partial charge in [0.25, 0.3) is 0 Å². The van der Waals surface area contributed by atoms with Crippen LogP contribution in [0.3, 0.4) is 0 Å². The molecule has 0 fully saturated rings. The summed E-state index contributed by atoms with van der Waals surface area (Å²) in [7, 11) is 0. The zero-order valence-electron chi connectivity index (χ0n) is 25.1. The van der Waals surface area contributed by atoms with E-state index in [1.54, 1.807) is 0 Å². The van der Waals surface area contributed by atoms with Crippen LogP contribution >= 0.6 is 0 Å². The van der Waals surface area contributed by atoms with Crippen LogP contribution in [-0.2, 0) is 0 Å². The lowest BCUT2D eigenvalue weighted by atomic mass is 9.95. The molecule has 46 heavy (non-hydrogen) atoms. The number of hydrogen-bond acceptors (Lipinski definition) is 2. The van der Waals surface area contributed by atoms with E-state index in [2.05, 4.69) is 181 Å². The highest BCUT2D eigenvalue weighted by atomic mass is 16.3. The summed E-state index contributed by atoms with van der Waals surface area (Å²) in [4.78, 5) is 2.37. The average Bonchev–Trinajstić information content (AvgIpc) is 3.52. The van der Waals surface area contributed by atoms with Crippen LogP contribution < -0.4 is 4.90 Å².